The number of ether oxygens (including phenoxy) is 1. The molecule has 0 atom stereocenters. The van der Waals surface area contributed by atoms with Crippen LogP contribution in [0.3, 0.4) is 0 Å². The fraction of sp³-hybridized carbons (Fsp3) is 0.250. The molecule has 0 aliphatic heterocycles. The van der Waals surface area contributed by atoms with Gasteiger partial charge in [-0.05, 0) is 55.3 Å². The van der Waals surface area contributed by atoms with Crippen LogP contribution in [0.2, 0.25) is 0 Å². The SMILES string of the molecule is COc1ccc(-c2csc(CCNS(=O)(=O)c3cc(C)ccc3C)n2)cc1. The van der Waals surface area contributed by atoms with Crippen molar-refractivity contribution < 1.29 is 13.2 Å². The summed E-state index contributed by atoms with van der Waals surface area (Å²) < 4.78 is 32.9. The van der Waals surface area contributed by atoms with Gasteiger partial charge >= 0.3 is 0 Å². The Morgan fingerprint density at radius 3 is 2.56 bits per heavy atom. The number of benzene rings is 2. The number of hydrogen-bond acceptors (Lipinski definition) is 5. The van der Waals surface area contributed by atoms with Gasteiger partial charge in [0, 0.05) is 23.9 Å². The van der Waals surface area contributed by atoms with Crippen molar-refractivity contribution in [1.82, 2.24) is 9.71 Å². The summed E-state index contributed by atoms with van der Waals surface area (Å²) in [5.74, 6) is 0.801. The number of methoxy groups -OCH3 is 1. The minimum absolute atomic E-state index is 0.311. The predicted molar refractivity (Wildman–Crippen MR) is 109 cm³/mol. The summed E-state index contributed by atoms with van der Waals surface area (Å²) in [7, 11) is -1.89. The first-order chi connectivity index (χ1) is 12.9. The van der Waals surface area contributed by atoms with E-state index in [9.17, 15) is 8.42 Å². The van der Waals surface area contributed by atoms with Crippen LogP contribution in [0.15, 0.2) is 52.7 Å². The van der Waals surface area contributed by atoms with Crippen LogP contribution in [0.5, 0.6) is 5.75 Å². The normalized spacial score (nSPS) is 11.5. The summed E-state index contributed by atoms with van der Waals surface area (Å²) in [6, 6.07) is 13.1. The maximum atomic E-state index is 12.5. The highest BCUT2D eigenvalue weighted by Gasteiger charge is 2.16. The molecule has 0 spiro atoms. The summed E-state index contributed by atoms with van der Waals surface area (Å²) in [4.78, 5) is 4.94. The topological polar surface area (TPSA) is 68.3 Å². The quantitative estimate of drug-likeness (QED) is 0.650. The van der Waals surface area contributed by atoms with Gasteiger partial charge in [0.1, 0.15) is 5.75 Å². The molecule has 0 aliphatic carbocycles. The maximum absolute atomic E-state index is 12.5. The first-order valence-corrected chi connectivity index (χ1v) is 10.9. The van der Waals surface area contributed by atoms with Crippen LogP contribution >= 0.6 is 11.3 Å². The lowest BCUT2D eigenvalue weighted by Gasteiger charge is -2.09. The van der Waals surface area contributed by atoms with Crippen molar-refractivity contribution in [1.29, 1.82) is 0 Å². The minimum atomic E-state index is -3.52. The monoisotopic (exact) mass is 402 g/mol. The zero-order valence-corrected chi connectivity index (χ0v) is 17.2. The first-order valence-electron chi connectivity index (χ1n) is 8.55. The zero-order valence-electron chi connectivity index (χ0n) is 15.5. The van der Waals surface area contributed by atoms with Gasteiger partial charge in [0.15, 0.2) is 0 Å². The number of aromatic nitrogens is 1. The van der Waals surface area contributed by atoms with Crippen molar-refractivity contribution in [2.75, 3.05) is 13.7 Å². The van der Waals surface area contributed by atoms with Crippen molar-refractivity contribution in [3.8, 4) is 17.0 Å². The Morgan fingerprint density at radius 2 is 1.85 bits per heavy atom. The van der Waals surface area contributed by atoms with E-state index < -0.39 is 10.0 Å². The molecule has 1 N–H and O–H groups in total. The zero-order chi connectivity index (χ0) is 19.4. The molecule has 0 bridgehead atoms. The van der Waals surface area contributed by atoms with Crippen molar-refractivity contribution in [2.45, 2.75) is 25.2 Å². The molecule has 0 fully saturated rings. The van der Waals surface area contributed by atoms with Gasteiger partial charge in [-0.1, -0.05) is 12.1 Å². The third-order valence-corrected chi connectivity index (χ3v) is 6.71. The molecular formula is C20H22N2O3S2. The Bertz CT molecular complexity index is 1030. The molecular weight excluding hydrogens is 380 g/mol. The Morgan fingerprint density at radius 1 is 1.11 bits per heavy atom. The fourth-order valence-corrected chi connectivity index (χ4v) is 4.85. The van der Waals surface area contributed by atoms with Crippen LogP contribution in [0.4, 0.5) is 0 Å². The van der Waals surface area contributed by atoms with Crippen LogP contribution in [0.1, 0.15) is 16.1 Å². The second kappa shape index (κ2) is 8.21. The number of sulfonamides is 1. The van der Waals surface area contributed by atoms with Gasteiger partial charge in [-0.15, -0.1) is 11.3 Å². The smallest absolute Gasteiger partial charge is 0.240 e. The average molecular weight is 403 g/mol. The molecule has 5 nitrogen and oxygen atoms in total. The summed E-state index contributed by atoms with van der Waals surface area (Å²) in [5.41, 5.74) is 3.55. The van der Waals surface area contributed by atoms with E-state index in [-0.39, 0.29) is 0 Å². The highest BCUT2D eigenvalue weighted by molar-refractivity contribution is 7.89. The second-order valence-electron chi connectivity index (χ2n) is 6.27. The summed E-state index contributed by atoms with van der Waals surface area (Å²) in [6.07, 6.45) is 0.547. The summed E-state index contributed by atoms with van der Waals surface area (Å²) in [5, 5.41) is 2.88. The molecule has 1 heterocycles. The van der Waals surface area contributed by atoms with Crippen molar-refractivity contribution in [3.63, 3.8) is 0 Å². The molecule has 0 unspecified atom stereocenters. The minimum Gasteiger partial charge on any atom is -0.497 e. The molecule has 0 aliphatic rings. The second-order valence-corrected chi connectivity index (χ2v) is 8.95. The average Bonchev–Trinajstić information content (AvgIpc) is 3.12. The van der Waals surface area contributed by atoms with E-state index in [1.165, 1.54) is 11.3 Å². The van der Waals surface area contributed by atoms with E-state index in [1.807, 2.05) is 48.7 Å². The van der Waals surface area contributed by atoms with E-state index in [1.54, 1.807) is 20.1 Å². The number of rotatable bonds is 7. The van der Waals surface area contributed by atoms with E-state index >= 15 is 0 Å². The van der Waals surface area contributed by atoms with Crippen LogP contribution in [0.25, 0.3) is 11.3 Å². The Labute approximate surface area is 164 Å². The first kappa shape index (κ1) is 19.5. The van der Waals surface area contributed by atoms with Gasteiger partial charge in [-0.2, -0.15) is 0 Å². The molecule has 0 amide bonds. The van der Waals surface area contributed by atoms with Crippen LogP contribution in [-0.4, -0.2) is 27.1 Å². The summed E-state index contributed by atoms with van der Waals surface area (Å²) >= 11 is 1.53. The third-order valence-electron chi connectivity index (χ3n) is 4.20. The lowest BCUT2D eigenvalue weighted by Crippen LogP contribution is -2.26. The maximum Gasteiger partial charge on any atom is 0.240 e. The van der Waals surface area contributed by atoms with E-state index in [0.29, 0.717) is 17.9 Å². The van der Waals surface area contributed by atoms with Crippen LogP contribution in [0, 0.1) is 13.8 Å². The van der Waals surface area contributed by atoms with Crippen LogP contribution in [-0.2, 0) is 16.4 Å². The number of nitrogens with zero attached hydrogens (tertiary/aromatic N) is 1. The number of thiazole rings is 1. The van der Waals surface area contributed by atoms with Gasteiger partial charge in [0.05, 0.1) is 22.7 Å². The van der Waals surface area contributed by atoms with Crippen molar-refractivity contribution >= 4 is 21.4 Å². The standard InChI is InChI=1S/C20H22N2O3S2/c1-14-4-5-15(2)19(12-14)27(23,24)21-11-10-20-22-18(13-26-20)16-6-8-17(25-3)9-7-16/h4-9,12-13,21H,10-11H2,1-3H3. The highest BCUT2D eigenvalue weighted by Crippen LogP contribution is 2.24. The molecule has 1 aromatic heterocycles. The van der Waals surface area contributed by atoms with E-state index in [0.717, 1.165) is 33.1 Å². The van der Waals surface area contributed by atoms with Crippen LogP contribution < -0.4 is 9.46 Å². The Hall–Kier alpha value is -2.22. The molecule has 0 radical (unpaired) electrons. The van der Waals surface area contributed by atoms with Gasteiger partial charge in [0.25, 0.3) is 0 Å². The van der Waals surface area contributed by atoms with Crippen molar-refractivity contribution in [3.05, 3.63) is 64.0 Å². The Balaban J connectivity index is 1.64. The molecule has 2 aromatic carbocycles. The molecule has 3 rings (SSSR count). The lowest BCUT2D eigenvalue weighted by atomic mass is 10.2. The van der Waals surface area contributed by atoms with Gasteiger partial charge in [-0.3, -0.25) is 0 Å². The number of aryl methyl sites for hydroxylation is 2. The largest absolute Gasteiger partial charge is 0.497 e. The lowest BCUT2D eigenvalue weighted by molar-refractivity contribution is 0.415. The number of hydrogen-bond donors (Lipinski definition) is 1. The molecule has 27 heavy (non-hydrogen) atoms. The molecule has 0 saturated heterocycles. The highest BCUT2D eigenvalue weighted by atomic mass is 32.2. The van der Waals surface area contributed by atoms with Gasteiger partial charge < -0.3 is 4.74 Å². The van der Waals surface area contributed by atoms with E-state index in [2.05, 4.69) is 9.71 Å². The Kier molecular flexibility index (Phi) is 5.94. The molecule has 142 valence electrons. The third kappa shape index (κ3) is 4.74. The van der Waals surface area contributed by atoms with E-state index in [4.69, 9.17) is 4.74 Å². The summed E-state index contributed by atoms with van der Waals surface area (Å²) in [6.45, 7) is 4.00. The molecule has 3 aromatic rings. The molecule has 7 heteroatoms. The predicted octanol–water partition coefficient (Wildman–Crippen LogP) is 3.96. The molecule has 0 saturated carbocycles. The number of nitrogens with one attached hydrogen (secondary N) is 1. The van der Waals surface area contributed by atoms with Gasteiger partial charge in [-0.25, -0.2) is 18.1 Å². The van der Waals surface area contributed by atoms with Crippen molar-refractivity contribution in [2.24, 2.45) is 0 Å². The fourth-order valence-electron chi connectivity index (χ4n) is 2.69. The van der Waals surface area contributed by atoms with Gasteiger partial charge in [0.2, 0.25) is 10.0 Å².